The van der Waals surface area contributed by atoms with Gasteiger partial charge in [-0.2, -0.15) is 0 Å². The Morgan fingerprint density at radius 3 is 3.23 bits per heavy atom. The second-order valence-electron chi connectivity index (χ2n) is 3.57. The summed E-state index contributed by atoms with van der Waals surface area (Å²) in [5, 5.41) is 8.71. The summed E-state index contributed by atoms with van der Waals surface area (Å²) in [6, 6.07) is 2.15. The van der Waals surface area contributed by atoms with Crippen LogP contribution in [0, 0.1) is 6.92 Å². The van der Waals surface area contributed by atoms with Crippen molar-refractivity contribution in [2.45, 2.75) is 32.1 Å². The van der Waals surface area contributed by atoms with Gasteiger partial charge in [-0.3, -0.25) is 4.79 Å². The topological polar surface area (TPSA) is 37.3 Å². The zero-order valence-corrected chi connectivity index (χ0v) is 8.36. The Balaban J connectivity index is 2.22. The van der Waals surface area contributed by atoms with Gasteiger partial charge in [0.1, 0.15) is 0 Å². The molecule has 70 valence electrons. The van der Waals surface area contributed by atoms with Crippen molar-refractivity contribution in [3.8, 4) is 0 Å². The second kappa shape index (κ2) is 3.14. The van der Waals surface area contributed by atoms with E-state index < -0.39 is 5.97 Å². The van der Waals surface area contributed by atoms with Gasteiger partial charge in [-0.25, -0.2) is 0 Å². The number of rotatable bonds is 2. The standard InChI is InChI=1S/C10H12O2S/c1-6-4-8-7(5-10(11)12)2-3-9(8)13-6/h4,7H,2-3,5H2,1H3,(H,11,12). The first kappa shape index (κ1) is 8.75. The van der Waals surface area contributed by atoms with E-state index in [9.17, 15) is 4.79 Å². The van der Waals surface area contributed by atoms with Crippen molar-refractivity contribution in [3.63, 3.8) is 0 Å². The maximum atomic E-state index is 10.6. The molecule has 1 aromatic rings. The molecule has 3 heteroatoms. The number of carbonyl (C=O) groups is 1. The largest absolute Gasteiger partial charge is 0.481 e. The van der Waals surface area contributed by atoms with Crippen LogP contribution in [-0.4, -0.2) is 11.1 Å². The fourth-order valence-corrected chi connectivity index (χ4v) is 3.14. The zero-order chi connectivity index (χ0) is 9.42. The van der Waals surface area contributed by atoms with Crippen molar-refractivity contribution < 1.29 is 9.90 Å². The lowest BCUT2D eigenvalue weighted by Gasteiger charge is -2.04. The summed E-state index contributed by atoms with van der Waals surface area (Å²) in [6.45, 7) is 2.08. The molecule has 1 N–H and O–H groups in total. The zero-order valence-electron chi connectivity index (χ0n) is 7.54. The Hall–Kier alpha value is -0.830. The summed E-state index contributed by atoms with van der Waals surface area (Å²) in [4.78, 5) is 13.3. The minimum atomic E-state index is -0.679. The number of thiophene rings is 1. The molecular weight excluding hydrogens is 184 g/mol. The number of fused-ring (bicyclic) bond motifs is 1. The summed E-state index contributed by atoms with van der Waals surface area (Å²) >= 11 is 1.81. The van der Waals surface area contributed by atoms with Gasteiger partial charge >= 0.3 is 5.97 Å². The Kier molecular flexibility index (Phi) is 2.12. The quantitative estimate of drug-likeness (QED) is 0.789. The van der Waals surface area contributed by atoms with E-state index in [1.807, 2.05) is 11.3 Å². The van der Waals surface area contributed by atoms with Crippen LogP contribution < -0.4 is 0 Å². The van der Waals surface area contributed by atoms with E-state index in [4.69, 9.17) is 5.11 Å². The molecule has 0 amide bonds. The van der Waals surface area contributed by atoms with Crippen LogP contribution in [0.3, 0.4) is 0 Å². The third-order valence-electron chi connectivity index (χ3n) is 2.55. The van der Waals surface area contributed by atoms with Gasteiger partial charge in [0, 0.05) is 9.75 Å². The molecule has 1 atom stereocenters. The van der Waals surface area contributed by atoms with Gasteiger partial charge in [0.15, 0.2) is 0 Å². The van der Waals surface area contributed by atoms with Gasteiger partial charge in [0.05, 0.1) is 6.42 Å². The van der Waals surface area contributed by atoms with E-state index in [0.29, 0.717) is 6.42 Å². The van der Waals surface area contributed by atoms with E-state index in [1.165, 1.54) is 15.3 Å². The average Bonchev–Trinajstić information content (AvgIpc) is 2.51. The second-order valence-corrected chi connectivity index (χ2v) is 4.91. The number of carboxylic acids is 1. The van der Waals surface area contributed by atoms with E-state index in [1.54, 1.807) is 0 Å². The van der Waals surface area contributed by atoms with Gasteiger partial charge < -0.3 is 5.11 Å². The molecule has 2 rings (SSSR count). The highest BCUT2D eigenvalue weighted by Crippen LogP contribution is 2.40. The Labute approximate surface area is 81.2 Å². The molecule has 0 spiro atoms. The molecular formula is C10H12O2S. The first-order valence-corrected chi connectivity index (χ1v) is 5.29. The summed E-state index contributed by atoms with van der Waals surface area (Å²) < 4.78 is 0. The third kappa shape index (κ3) is 1.61. The molecule has 1 unspecified atom stereocenters. The SMILES string of the molecule is Cc1cc2c(s1)CCC2CC(=O)O. The molecule has 0 saturated carbocycles. The van der Waals surface area contributed by atoms with Crippen LogP contribution >= 0.6 is 11.3 Å². The lowest BCUT2D eigenvalue weighted by Crippen LogP contribution is -2.02. The molecule has 1 aliphatic rings. The van der Waals surface area contributed by atoms with Crippen LogP contribution in [0.2, 0.25) is 0 Å². The van der Waals surface area contributed by atoms with Gasteiger partial charge in [-0.15, -0.1) is 11.3 Å². The predicted octanol–water partition coefficient (Wildman–Crippen LogP) is 2.56. The molecule has 0 radical (unpaired) electrons. The predicted molar refractivity (Wildman–Crippen MR) is 52.4 cm³/mol. The fourth-order valence-electron chi connectivity index (χ4n) is 2.01. The number of carboxylic acid groups (broad SMARTS) is 1. The molecule has 0 bridgehead atoms. The van der Waals surface area contributed by atoms with Crippen LogP contribution in [0.4, 0.5) is 0 Å². The summed E-state index contributed by atoms with van der Waals surface area (Å²) in [7, 11) is 0. The summed E-state index contributed by atoms with van der Waals surface area (Å²) in [5.41, 5.74) is 1.30. The lowest BCUT2D eigenvalue weighted by molar-refractivity contribution is -0.137. The highest BCUT2D eigenvalue weighted by molar-refractivity contribution is 7.12. The van der Waals surface area contributed by atoms with Crippen LogP contribution in [-0.2, 0) is 11.2 Å². The van der Waals surface area contributed by atoms with E-state index in [0.717, 1.165) is 12.8 Å². The van der Waals surface area contributed by atoms with Crippen LogP contribution in [0.25, 0.3) is 0 Å². The first-order chi connectivity index (χ1) is 6.16. The normalized spacial score (nSPS) is 20.2. The maximum Gasteiger partial charge on any atom is 0.303 e. The van der Waals surface area contributed by atoms with E-state index >= 15 is 0 Å². The molecule has 1 heterocycles. The third-order valence-corrected chi connectivity index (χ3v) is 3.67. The van der Waals surface area contributed by atoms with E-state index in [2.05, 4.69) is 13.0 Å². The smallest absolute Gasteiger partial charge is 0.303 e. The number of hydrogen-bond donors (Lipinski definition) is 1. The maximum absolute atomic E-state index is 10.6. The summed E-state index contributed by atoms with van der Waals surface area (Å²) in [6.07, 6.45) is 2.39. The highest BCUT2D eigenvalue weighted by Gasteiger charge is 2.26. The van der Waals surface area contributed by atoms with Crippen molar-refractivity contribution in [1.29, 1.82) is 0 Å². The lowest BCUT2D eigenvalue weighted by atomic mass is 10.00. The average molecular weight is 196 g/mol. The van der Waals surface area contributed by atoms with Crippen LogP contribution in [0.15, 0.2) is 6.07 Å². The van der Waals surface area contributed by atoms with Crippen molar-refractivity contribution in [3.05, 3.63) is 21.4 Å². The van der Waals surface area contributed by atoms with Crippen LogP contribution in [0.5, 0.6) is 0 Å². The van der Waals surface area contributed by atoms with Crippen molar-refractivity contribution >= 4 is 17.3 Å². The number of aryl methyl sites for hydroxylation is 2. The Bertz CT molecular complexity index is 341. The Morgan fingerprint density at radius 2 is 2.54 bits per heavy atom. The monoisotopic (exact) mass is 196 g/mol. The minimum absolute atomic E-state index is 0.275. The molecule has 0 aliphatic heterocycles. The van der Waals surface area contributed by atoms with E-state index in [-0.39, 0.29) is 5.92 Å². The molecule has 13 heavy (non-hydrogen) atoms. The highest BCUT2D eigenvalue weighted by atomic mass is 32.1. The van der Waals surface area contributed by atoms with Gasteiger partial charge in [-0.05, 0) is 37.3 Å². The molecule has 1 aromatic heterocycles. The molecule has 1 aliphatic carbocycles. The van der Waals surface area contributed by atoms with Gasteiger partial charge in [0.25, 0.3) is 0 Å². The molecule has 0 fully saturated rings. The minimum Gasteiger partial charge on any atom is -0.481 e. The Morgan fingerprint density at radius 1 is 1.77 bits per heavy atom. The van der Waals surface area contributed by atoms with Crippen molar-refractivity contribution in [2.75, 3.05) is 0 Å². The van der Waals surface area contributed by atoms with Crippen molar-refractivity contribution in [1.82, 2.24) is 0 Å². The van der Waals surface area contributed by atoms with Gasteiger partial charge in [0.2, 0.25) is 0 Å². The number of hydrogen-bond acceptors (Lipinski definition) is 2. The molecule has 0 saturated heterocycles. The fraction of sp³-hybridized carbons (Fsp3) is 0.500. The number of aliphatic carboxylic acids is 1. The van der Waals surface area contributed by atoms with Gasteiger partial charge in [-0.1, -0.05) is 0 Å². The van der Waals surface area contributed by atoms with Crippen LogP contribution in [0.1, 0.15) is 34.1 Å². The first-order valence-electron chi connectivity index (χ1n) is 4.48. The van der Waals surface area contributed by atoms with Crippen molar-refractivity contribution in [2.24, 2.45) is 0 Å². The molecule has 2 nitrogen and oxygen atoms in total. The molecule has 0 aromatic carbocycles. The summed E-state index contributed by atoms with van der Waals surface area (Å²) in [5.74, 6) is -0.404.